The number of non-ortho nitro benzene ring substituents is 1. The molecule has 7 nitrogen and oxygen atoms in total. The van der Waals surface area contributed by atoms with Gasteiger partial charge in [0, 0.05) is 18.6 Å². The molecule has 0 N–H and O–H groups in total. The number of oxazole rings is 1. The highest BCUT2D eigenvalue weighted by atomic mass is 16.6. The number of fused-ring (bicyclic) bond motifs is 2. The SMILES string of the molecule is O=c1c2ccccc2nc2oc(Cc3ccc([N+](=O)[O-])cc3)cn12. The Morgan fingerprint density at radius 3 is 2.62 bits per heavy atom. The molecule has 0 radical (unpaired) electrons. The van der Waals surface area contributed by atoms with Crippen molar-refractivity contribution in [1.82, 2.24) is 9.38 Å². The van der Waals surface area contributed by atoms with E-state index in [1.165, 1.54) is 16.5 Å². The third-order valence-corrected chi connectivity index (χ3v) is 3.80. The number of benzene rings is 2. The Labute approximate surface area is 134 Å². The summed E-state index contributed by atoms with van der Waals surface area (Å²) in [5.41, 5.74) is 1.28. The number of nitro groups is 1. The maximum atomic E-state index is 12.5. The van der Waals surface area contributed by atoms with Gasteiger partial charge in [-0.1, -0.05) is 24.3 Å². The molecule has 0 unspecified atom stereocenters. The standard InChI is InChI=1S/C17H11N3O4/c21-16-14-3-1-2-4-15(14)18-17-19(16)10-13(24-17)9-11-5-7-12(8-6-11)20(22)23/h1-8,10H,9H2. The third-order valence-electron chi connectivity index (χ3n) is 3.80. The van der Waals surface area contributed by atoms with Gasteiger partial charge in [-0.3, -0.25) is 14.9 Å². The summed E-state index contributed by atoms with van der Waals surface area (Å²) in [6.07, 6.45) is 2.02. The van der Waals surface area contributed by atoms with Gasteiger partial charge in [0.15, 0.2) is 0 Å². The zero-order valence-corrected chi connectivity index (χ0v) is 12.4. The lowest BCUT2D eigenvalue weighted by Crippen LogP contribution is -2.12. The average Bonchev–Trinajstić information content (AvgIpc) is 2.98. The lowest BCUT2D eigenvalue weighted by atomic mass is 10.1. The first kappa shape index (κ1) is 14.1. The number of rotatable bonds is 3. The van der Waals surface area contributed by atoms with E-state index < -0.39 is 4.92 Å². The maximum Gasteiger partial charge on any atom is 0.309 e. The predicted octanol–water partition coefficient (Wildman–Crippen LogP) is 2.94. The number of nitro benzene ring substituents is 1. The monoisotopic (exact) mass is 321 g/mol. The van der Waals surface area contributed by atoms with Gasteiger partial charge >= 0.3 is 5.84 Å². The van der Waals surface area contributed by atoms with E-state index in [4.69, 9.17) is 4.42 Å². The largest absolute Gasteiger partial charge is 0.428 e. The highest BCUT2D eigenvalue weighted by Gasteiger charge is 2.11. The van der Waals surface area contributed by atoms with Crippen LogP contribution in [-0.4, -0.2) is 14.3 Å². The van der Waals surface area contributed by atoms with E-state index >= 15 is 0 Å². The molecule has 0 fully saturated rings. The molecule has 118 valence electrons. The Morgan fingerprint density at radius 2 is 1.88 bits per heavy atom. The van der Waals surface area contributed by atoms with Crippen molar-refractivity contribution in [3.05, 3.63) is 86.5 Å². The van der Waals surface area contributed by atoms with Gasteiger partial charge in [-0.25, -0.2) is 4.40 Å². The van der Waals surface area contributed by atoms with E-state index in [-0.39, 0.29) is 17.1 Å². The Balaban J connectivity index is 1.75. The summed E-state index contributed by atoms with van der Waals surface area (Å²) < 4.78 is 7.03. The minimum absolute atomic E-state index is 0.0347. The lowest BCUT2D eigenvalue weighted by Gasteiger charge is -1.97. The summed E-state index contributed by atoms with van der Waals surface area (Å²) >= 11 is 0. The van der Waals surface area contributed by atoms with Gasteiger partial charge in [-0.05, 0) is 17.7 Å². The van der Waals surface area contributed by atoms with Crippen molar-refractivity contribution in [1.29, 1.82) is 0 Å². The summed E-state index contributed by atoms with van der Waals surface area (Å²) in [6.45, 7) is 0. The third kappa shape index (κ3) is 2.32. The summed E-state index contributed by atoms with van der Waals surface area (Å²) in [6, 6.07) is 13.3. The molecule has 4 rings (SSSR count). The van der Waals surface area contributed by atoms with Crippen LogP contribution in [0.1, 0.15) is 11.3 Å². The zero-order chi connectivity index (χ0) is 16.7. The van der Waals surface area contributed by atoms with Gasteiger partial charge in [0.2, 0.25) is 0 Å². The van der Waals surface area contributed by atoms with Crippen LogP contribution < -0.4 is 5.56 Å². The second kappa shape index (κ2) is 5.31. The molecule has 2 aromatic carbocycles. The van der Waals surface area contributed by atoms with E-state index in [9.17, 15) is 14.9 Å². The molecular formula is C17H11N3O4. The minimum Gasteiger partial charge on any atom is -0.428 e. The molecule has 0 aliphatic carbocycles. The molecule has 0 bridgehead atoms. The Hall–Kier alpha value is -3.48. The molecule has 2 aromatic heterocycles. The molecule has 0 saturated carbocycles. The van der Waals surface area contributed by atoms with E-state index in [1.807, 2.05) is 6.07 Å². The normalized spacial score (nSPS) is 11.2. The summed E-state index contributed by atoms with van der Waals surface area (Å²) in [5, 5.41) is 11.2. The molecule has 0 amide bonds. The van der Waals surface area contributed by atoms with Gasteiger partial charge in [-0.15, -0.1) is 0 Å². The van der Waals surface area contributed by atoms with Crippen LogP contribution >= 0.6 is 0 Å². The fraction of sp³-hybridized carbons (Fsp3) is 0.0588. The fourth-order valence-corrected chi connectivity index (χ4v) is 2.62. The Bertz CT molecular complexity index is 1130. The van der Waals surface area contributed by atoms with Gasteiger partial charge in [0.25, 0.3) is 11.2 Å². The first-order valence-electron chi connectivity index (χ1n) is 7.25. The summed E-state index contributed by atoms with van der Waals surface area (Å²) in [7, 11) is 0. The molecule has 7 heteroatoms. The molecule has 2 heterocycles. The van der Waals surface area contributed by atoms with Crippen LogP contribution in [-0.2, 0) is 6.42 Å². The molecule has 0 aliphatic heterocycles. The van der Waals surface area contributed by atoms with Crippen molar-refractivity contribution in [3.63, 3.8) is 0 Å². The van der Waals surface area contributed by atoms with Crippen molar-refractivity contribution in [2.75, 3.05) is 0 Å². The molecule has 0 aliphatic rings. The molecule has 0 saturated heterocycles. The zero-order valence-electron chi connectivity index (χ0n) is 12.4. The number of para-hydroxylation sites is 1. The summed E-state index contributed by atoms with van der Waals surface area (Å²) in [4.78, 5) is 27.0. The molecular weight excluding hydrogens is 310 g/mol. The smallest absolute Gasteiger partial charge is 0.309 e. The van der Waals surface area contributed by atoms with E-state index in [0.717, 1.165) is 5.56 Å². The Kier molecular flexibility index (Phi) is 3.13. The van der Waals surface area contributed by atoms with E-state index in [1.54, 1.807) is 36.5 Å². The number of hydrogen-bond donors (Lipinski definition) is 0. The molecule has 0 spiro atoms. The van der Waals surface area contributed by atoms with Gasteiger partial charge in [0.1, 0.15) is 5.76 Å². The number of nitrogens with zero attached hydrogens (tertiary/aromatic N) is 3. The second-order valence-electron chi connectivity index (χ2n) is 5.38. The topological polar surface area (TPSA) is 90.6 Å². The van der Waals surface area contributed by atoms with Crippen LogP contribution in [0.15, 0.2) is 63.9 Å². The van der Waals surface area contributed by atoms with E-state index in [2.05, 4.69) is 4.98 Å². The first-order valence-corrected chi connectivity index (χ1v) is 7.25. The van der Waals surface area contributed by atoms with Crippen molar-refractivity contribution >= 4 is 22.4 Å². The summed E-state index contributed by atoms with van der Waals surface area (Å²) in [5.74, 6) is 0.791. The van der Waals surface area contributed by atoms with Crippen molar-refractivity contribution in [3.8, 4) is 0 Å². The lowest BCUT2D eigenvalue weighted by molar-refractivity contribution is -0.384. The van der Waals surface area contributed by atoms with Crippen LogP contribution in [0.25, 0.3) is 16.7 Å². The highest BCUT2D eigenvalue weighted by Crippen LogP contribution is 2.17. The fourth-order valence-electron chi connectivity index (χ4n) is 2.62. The maximum absolute atomic E-state index is 12.5. The highest BCUT2D eigenvalue weighted by molar-refractivity contribution is 5.78. The van der Waals surface area contributed by atoms with Crippen molar-refractivity contribution in [2.45, 2.75) is 6.42 Å². The molecule has 4 aromatic rings. The average molecular weight is 321 g/mol. The second-order valence-corrected chi connectivity index (χ2v) is 5.38. The van der Waals surface area contributed by atoms with Crippen molar-refractivity contribution < 1.29 is 9.34 Å². The van der Waals surface area contributed by atoms with Crippen LogP contribution in [0.3, 0.4) is 0 Å². The van der Waals surface area contributed by atoms with Crippen LogP contribution in [0.2, 0.25) is 0 Å². The van der Waals surface area contributed by atoms with E-state index in [0.29, 0.717) is 23.1 Å². The van der Waals surface area contributed by atoms with Crippen molar-refractivity contribution in [2.24, 2.45) is 0 Å². The van der Waals surface area contributed by atoms with Crippen LogP contribution in [0.5, 0.6) is 0 Å². The van der Waals surface area contributed by atoms with Gasteiger partial charge < -0.3 is 4.42 Å². The molecule has 0 atom stereocenters. The quantitative estimate of drug-likeness (QED) is 0.427. The van der Waals surface area contributed by atoms with Crippen LogP contribution in [0.4, 0.5) is 5.69 Å². The minimum atomic E-state index is -0.444. The van der Waals surface area contributed by atoms with Gasteiger partial charge in [-0.2, -0.15) is 4.98 Å². The Morgan fingerprint density at radius 1 is 1.12 bits per heavy atom. The van der Waals surface area contributed by atoms with Gasteiger partial charge in [0.05, 0.1) is 22.0 Å². The number of hydrogen-bond acceptors (Lipinski definition) is 5. The number of aromatic nitrogens is 2. The predicted molar refractivity (Wildman–Crippen MR) is 87.1 cm³/mol. The first-order chi connectivity index (χ1) is 11.6. The molecule has 24 heavy (non-hydrogen) atoms. The van der Waals surface area contributed by atoms with Crippen LogP contribution in [0, 0.1) is 10.1 Å².